The van der Waals surface area contributed by atoms with Crippen molar-refractivity contribution in [3.63, 3.8) is 0 Å². The molecule has 5 heteroatoms. The van der Waals surface area contributed by atoms with Crippen molar-refractivity contribution >= 4 is 6.09 Å². The second-order valence-electron chi connectivity index (χ2n) is 2.56. The fraction of sp³-hybridized carbons (Fsp3) is 0.857. The number of hydrazine groups is 2. The normalized spacial score (nSPS) is 18.6. The number of carbonyl (C=O) groups excluding carboxylic acids is 1. The van der Waals surface area contributed by atoms with Crippen LogP contribution in [-0.2, 0) is 4.74 Å². The zero-order valence-electron chi connectivity index (χ0n) is 7.30. The number of nitrogens with one attached hydrogen (secondary N) is 2. The van der Waals surface area contributed by atoms with Gasteiger partial charge in [0.25, 0.3) is 0 Å². The molecule has 0 aliphatic carbocycles. The van der Waals surface area contributed by atoms with Crippen LogP contribution in [0.1, 0.15) is 19.8 Å². The molecule has 5 nitrogen and oxygen atoms in total. The molecule has 1 amide bonds. The molecule has 0 radical (unpaired) electrons. The summed E-state index contributed by atoms with van der Waals surface area (Å²) in [7, 11) is 0. The Morgan fingerprint density at radius 1 is 1.42 bits per heavy atom. The maximum atomic E-state index is 11.1. The Balaban J connectivity index is 2.32. The van der Waals surface area contributed by atoms with Crippen LogP contribution in [0, 0.1) is 0 Å². The first kappa shape index (κ1) is 9.28. The summed E-state index contributed by atoms with van der Waals surface area (Å²) in [6.45, 7) is 3.81. The van der Waals surface area contributed by atoms with Crippen LogP contribution in [-0.4, -0.2) is 30.9 Å². The zero-order valence-corrected chi connectivity index (χ0v) is 7.30. The summed E-state index contributed by atoms with van der Waals surface area (Å²) in [6, 6.07) is 0. The summed E-state index contributed by atoms with van der Waals surface area (Å²) in [5, 5.41) is 1.32. The molecule has 0 atom stereocenters. The third-order valence-corrected chi connectivity index (χ3v) is 1.59. The van der Waals surface area contributed by atoms with Gasteiger partial charge >= 0.3 is 6.09 Å². The molecule has 12 heavy (non-hydrogen) atoms. The molecule has 1 aliphatic heterocycles. The SMILES string of the molecule is CCOC(=O)N1NCCCCN1. The molecule has 0 bridgehead atoms. The van der Waals surface area contributed by atoms with Crippen LogP contribution in [0.5, 0.6) is 0 Å². The Bertz CT molecular complexity index is 144. The maximum Gasteiger partial charge on any atom is 0.439 e. The molecule has 1 saturated heterocycles. The van der Waals surface area contributed by atoms with Crippen LogP contribution in [0.25, 0.3) is 0 Å². The van der Waals surface area contributed by atoms with E-state index in [1.54, 1.807) is 6.92 Å². The Morgan fingerprint density at radius 2 is 2.00 bits per heavy atom. The molecule has 2 N–H and O–H groups in total. The van der Waals surface area contributed by atoms with Crippen molar-refractivity contribution in [2.75, 3.05) is 19.7 Å². The smallest absolute Gasteiger partial charge is 0.439 e. The first-order chi connectivity index (χ1) is 5.84. The third kappa shape index (κ3) is 2.67. The Labute approximate surface area is 72.0 Å². The largest absolute Gasteiger partial charge is 0.448 e. The zero-order chi connectivity index (χ0) is 8.81. The average Bonchev–Trinajstić information content (AvgIpc) is 2.32. The monoisotopic (exact) mass is 173 g/mol. The van der Waals surface area contributed by atoms with Crippen LogP contribution in [0.2, 0.25) is 0 Å². The number of rotatable bonds is 1. The minimum Gasteiger partial charge on any atom is -0.448 e. The quantitative estimate of drug-likeness (QED) is 0.596. The number of hydrogen-bond acceptors (Lipinski definition) is 4. The highest BCUT2D eigenvalue weighted by Crippen LogP contribution is 1.94. The van der Waals surface area contributed by atoms with E-state index in [1.165, 1.54) is 5.12 Å². The lowest BCUT2D eigenvalue weighted by Crippen LogP contribution is -2.50. The molecule has 0 aromatic carbocycles. The topological polar surface area (TPSA) is 53.6 Å². The van der Waals surface area contributed by atoms with Crippen LogP contribution in [0.3, 0.4) is 0 Å². The summed E-state index contributed by atoms with van der Waals surface area (Å²) < 4.78 is 4.80. The van der Waals surface area contributed by atoms with E-state index in [2.05, 4.69) is 10.9 Å². The van der Waals surface area contributed by atoms with Gasteiger partial charge < -0.3 is 4.74 Å². The van der Waals surface area contributed by atoms with E-state index < -0.39 is 0 Å². The van der Waals surface area contributed by atoms with E-state index in [-0.39, 0.29) is 6.09 Å². The van der Waals surface area contributed by atoms with Crippen molar-refractivity contribution in [1.29, 1.82) is 0 Å². The summed E-state index contributed by atoms with van der Waals surface area (Å²) in [4.78, 5) is 11.1. The summed E-state index contributed by atoms with van der Waals surface area (Å²) in [5.41, 5.74) is 5.83. The lowest BCUT2D eigenvalue weighted by atomic mass is 10.3. The molecule has 70 valence electrons. The fourth-order valence-corrected chi connectivity index (χ4v) is 1.00. The molecule has 0 unspecified atom stereocenters. The van der Waals surface area contributed by atoms with Crippen molar-refractivity contribution in [3.05, 3.63) is 0 Å². The van der Waals surface area contributed by atoms with Gasteiger partial charge in [-0.2, -0.15) is 5.12 Å². The molecule has 0 spiro atoms. The number of ether oxygens (including phenoxy) is 1. The van der Waals surface area contributed by atoms with E-state index in [1.807, 2.05) is 0 Å². The van der Waals surface area contributed by atoms with E-state index in [0.29, 0.717) is 6.61 Å². The van der Waals surface area contributed by atoms with Crippen LogP contribution in [0.4, 0.5) is 4.79 Å². The standard InChI is InChI=1S/C7H15N3O2/c1-2-12-7(11)10-8-5-3-4-6-9-10/h8-9H,2-6H2,1H3. The van der Waals surface area contributed by atoms with E-state index in [0.717, 1.165) is 25.9 Å². The minimum atomic E-state index is -0.362. The molecular formula is C7H15N3O2. The van der Waals surface area contributed by atoms with E-state index in [4.69, 9.17) is 4.74 Å². The second kappa shape index (κ2) is 4.95. The lowest BCUT2D eigenvalue weighted by Gasteiger charge is -2.19. The predicted octanol–water partition coefficient (Wildman–Crippen LogP) is 0.248. The molecular weight excluding hydrogens is 158 g/mol. The highest BCUT2D eigenvalue weighted by atomic mass is 16.6. The number of hydrogen-bond donors (Lipinski definition) is 2. The molecule has 0 aromatic rings. The van der Waals surface area contributed by atoms with Gasteiger partial charge in [0.05, 0.1) is 6.61 Å². The Morgan fingerprint density at radius 3 is 2.50 bits per heavy atom. The summed E-state index contributed by atoms with van der Waals surface area (Å²) in [5.74, 6) is 0. The minimum absolute atomic E-state index is 0.362. The molecule has 0 aromatic heterocycles. The number of carbonyl (C=O) groups is 1. The molecule has 0 saturated carbocycles. The first-order valence-electron chi connectivity index (χ1n) is 4.28. The van der Waals surface area contributed by atoms with Crippen molar-refractivity contribution in [3.8, 4) is 0 Å². The van der Waals surface area contributed by atoms with Gasteiger partial charge in [0.15, 0.2) is 0 Å². The summed E-state index contributed by atoms with van der Waals surface area (Å²) in [6.07, 6.45) is 1.78. The van der Waals surface area contributed by atoms with Gasteiger partial charge in [0.2, 0.25) is 0 Å². The fourth-order valence-electron chi connectivity index (χ4n) is 1.00. The van der Waals surface area contributed by atoms with Gasteiger partial charge in [-0.25, -0.2) is 15.6 Å². The number of amides is 1. The third-order valence-electron chi connectivity index (χ3n) is 1.59. The number of nitrogens with zero attached hydrogens (tertiary/aromatic N) is 1. The van der Waals surface area contributed by atoms with Crippen molar-refractivity contribution in [1.82, 2.24) is 16.0 Å². The van der Waals surface area contributed by atoms with Gasteiger partial charge in [-0.1, -0.05) is 0 Å². The van der Waals surface area contributed by atoms with E-state index >= 15 is 0 Å². The van der Waals surface area contributed by atoms with Crippen molar-refractivity contribution in [2.24, 2.45) is 0 Å². The highest BCUT2D eigenvalue weighted by molar-refractivity contribution is 5.66. The van der Waals surface area contributed by atoms with Gasteiger partial charge in [-0.3, -0.25) is 0 Å². The first-order valence-corrected chi connectivity index (χ1v) is 4.28. The molecule has 1 heterocycles. The predicted molar refractivity (Wildman–Crippen MR) is 44.1 cm³/mol. The van der Waals surface area contributed by atoms with Crippen molar-refractivity contribution in [2.45, 2.75) is 19.8 Å². The van der Waals surface area contributed by atoms with Crippen LogP contribution >= 0.6 is 0 Å². The lowest BCUT2D eigenvalue weighted by molar-refractivity contribution is 0.0651. The van der Waals surface area contributed by atoms with Crippen LogP contribution in [0.15, 0.2) is 0 Å². The van der Waals surface area contributed by atoms with Crippen molar-refractivity contribution < 1.29 is 9.53 Å². The van der Waals surface area contributed by atoms with Crippen LogP contribution < -0.4 is 10.9 Å². The summed E-state index contributed by atoms with van der Waals surface area (Å²) >= 11 is 0. The highest BCUT2D eigenvalue weighted by Gasteiger charge is 2.14. The second-order valence-corrected chi connectivity index (χ2v) is 2.56. The van der Waals surface area contributed by atoms with Gasteiger partial charge in [0, 0.05) is 13.1 Å². The van der Waals surface area contributed by atoms with Gasteiger partial charge in [-0.05, 0) is 19.8 Å². The Hall–Kier alpha value is -0.810. The van der Waals surface area contributed by atoms with Gasteiger partial charge in [-0.15, -0.1) is 0 Å². The average molecular weight is 173 g/mol. The maximum absolute atomic E-state index is 11.1. The molecule has 1 rings (SSSR count). The molecule has 1 aliphatic rings. The van der Waals surface area contributed by atoms with Gasteiger partial charge in [0.1, 0.15) is 0 Å². The van der Waals surface area contributed by atoms with E-state index in [9.17, 15) is 4.79 Å². The molecule has 1 fully saturated rings. The Kier molecular flexibility index (Phi) is 3.83.